The van der Waals surface area contributed by atoms with E-state index in [9.17, 15) is 9.59 Å². The summed E-state index contributed by atoms with van der Waals surface area (Å²) in [6, 6.07) is -2.27. The minimum absolute atomic E-state index is 0.194. The molecule has 0 heterocycles. The molecular weight excluding hydrogens is 226 g/mol. The van der Waals surface area contributed by atoms with Crippen LogP contribution in [-0.2, 0) is 4.79 Å². The fraction of sp³-hybridized carbons (Fsp3) is 0.800. The quantitative estimate of drug-likeness (QED) is 0.377. The third-order valence-corrected chi connectivity index (χ3v) is 2.13. The summed E-state index contributed by atoms with van der Waals surface area (Å²) in [4.78, 5) is 22.5. The predicted molar refractivity (Wildman–Crippen MR) is 62.1 cm³/mol. The van der Waals surface area contributed by atoms with Gasteiger partial charge in [-0.05, 0) is 12.3 Å². The first kappa shape index (κ1) is 15.7. The zero-order valence-electron chi connectivity index (χ0n) is 10.1. The summed E-state index contributed by atoms with van der Waals surface area (Å²) in [7, 11) is 0. The van der Waals surface area contributed by atoms with Crippen LogP contribution in [0.5, 0.6) is 0 Å². The predicted octanol–water partition coefficient (Wildman–Crippen LogP) is -1.46. The molecule has 0 radical (unpaired) electrons. The third kappa shape index (κ3) is 6.75. The number of hydrogen-bond acceptors (Lipinski definition) is 4. The molecule has 0 aliphatic carbocycles. The Bertz CT molecular complexity index is 254. The normalized spacial score (nSPS) is 12.6. The van der Waals surface area contributed by atoms with Crippen LogP contribution in [-0.4, -0.2) is 47.4 Å². The van der Waals surface area contributed by atoms with Gasteiger partial charge in [0.2, 0.25) is 5.91 Å². The molecule has 100 valence electrons. The lowest BCUT2D eigenvalue weighted by Gasteiger charge is -2.21. The molecule has 0 fully saturated rings. The van der Waals surface area contributed by atoms with Crippen molar-refractivity contribution in [1.29, 1.82) is 0 Å². The molecular formula is C10H21N3O4. The lowest BCUT2D eigenvalue weighted by molar-refractivity contribution is -0.124. The second-order valence-electron chi connectivity index (χ2n) is 4.26. The van der Waals surface area contributed by atoms with Gasteiger partial charge in [0.25, 0.3) is 0 Å². The number of aliphatic hydroxyl groups is 2. The van der Waals surface area contributed by atoms with Gasteiger partial charge in [0.05, 0.1) is 19.3 Å². The summed E-state index contributed by atoms with van der Waals surface area (Å²) in [5.74, 6) is -0.273. The number of hydrogen-bond donors (Lipinski definition) is 5. The van der Waals surface area contributed by atoms with Crippen LogP contribution in [0.25, 0.3) is 0 Å². The summed E-state index contributed by atoms with van der Waals surface area (Å²) in [6.07, 6.45) is 0.429. The zero-order valence-corrected chi connectivity index (χ0v) is 10.1. The van der Waals surface area contributed by atoms with E-state index in [0.29, 0.717) is 6.42 Å². The summed E-state index contributed by atoms with van der Waals surface area (Å²) in [6.45, 7) is 3.07. The van der Waals surface area contributed by atoms with Crippen molar-refractivity contribution >= 4 is 11.9 Å². The molecule has 0 aromatic heterocycles. The molecule has 0 aliphatic rings. The van der Waals surface area contributed by atoms with E-state index in [0.717, 1.165) is 0 Å². The van der Waals surface area contributed by atoms with Crippen LogP contribution in [0, 0.1) is 5.92 Å². The molecule has 0 aromatic rings. The molecule has 3 amide bonds. The number of aliphatic hydroxyl groups excluding tert-OH is 2. The lowest BCUT2D eigenvalue weighted by atomic mass is 10.0. The zero-order chi connectivity index (χ0) is 13.4. The standard InChI is InChI=1S/C10H21N3O4/c1-6(2)3-8(13-10(11)17)9(16)12-7(4-14)5-15/h6-8,14-15H,3-5H2,1-2H3,(H,12,16)(H3,11,13,17). The number of carbonyl (C=O) groups is 2. The van der Waals surface area contributed by atoms with E-state index in [4.69, 9.17) is 15.9 Å². The SMILES string of the molecule is CC(C)CC(NC(N)=O)C(=O)NC(CO)CO. The molecule has 6 N–H and O–H groups in total. The van der Waals surface area contributed by atoms with Gasteiger partial charge >= 0.3 is 6.03 Å². The van der Waals surface area contributed by atoms with Gasteiger partial charge in [-0.3, -0.25) is 4.79 Å². The number of urea groups is 1. The van der Waals surface area contributed by atoms with Crippen molar-refractivity contribution in [3.63, 3.8) is 0 Å². The highest BCUT2D eigenvalue weighted by atomic mass is 16.3. The Balaban J connectivity index is 4.45. The summed E-state index contributed by atoms with van der Waals surface area (Å²) in [5.41, 5.74) is 4.97. The van der Waals surface area contributed by atoms with Gasteiger partial charge in [-0.1, -0.05) is 13.8 Å². The van der Waals surface area contributed by atoms with Crippen LogP contribution >= 0.6 is 0 Å². The number of amides is 3. The number of nitrogens with two attached hydrogens (primary N) is 1. The maximum absolute atomic E-state index is 11.7. The highest BCUT2D eigenvalue weighted by Crippen LogP contribution is 2.05. The van der Waals surface area contributed by atoms with Crippen molar-refractivity contribution in [3.8, 4) is 0 Å². The van der Waals surface area contributed by atoms with E-state index in [-0.39, 0.29) is 19.1 Å². The molecule has 0 bridgehead atoms. The Kier molecular flexibility index (Phi) is 7.24. The Hall–Kier alpha value is -1.34. The van der Waals surface area contributed by atoms with Crippen molar-refractivity contribution in [2.75, 3.05) is 13.2 Å². The first-order chi connectivity index (χ1) is 7.90. The van der Waals surface area contributed by atoms with Crippen LogP contribution in [0.15, 0.2) is 0 Å². The van der Waals surface area contributed by atoms with Gasteiger partial charge in [-0.2, -0.15) is 0 Å². The van der Waals surface area contributed by atoms with Crippen LogP contribution in [0.1, 0.15) is 20.3 Å². The Morgan fingerprint density at radius 3 is 2.06 bits per heavy atom. The van der Waals surface area contributed by atoms with Crippen molar-refractivity contribution in [3.05, 3.63) is 0 Å². The summed E-state index contributed by atoms with van der Waals surface area (Å²) < 4.78 is 0. The molecule has 7 heteroatoms. The second kappa shape index (κ2) is 7.86. The number of primary amides is 1. The van der Waals surface area contributed by atoms with E-state index in [1.807, 2.05) is 13.8 Å². The van der Waals surface area contributed by atoms with E-state index in [2.05, 4.69) is 10.6 Å². The highest BCUT2D eigenvalue weighted by Gasteiger charge is 2.22. The van der Waals surface area contributed by atoms with E-state index in [1.165, 1.54) is 0 Å². The van der Waals surface area contributed by atoms with Crippen LogP contribution in [0.3, 0.4) is 0 Å². The maximum Gasteiger partial charge on any atom is 0.312 e. The van der Waals surface area contributed by atoms with Crippen molar-refractivity contribution in [2.24, 2.45) is 11.7 Å². The smallest absolute Gasteiger partial charge is 0.312 e. The summed E-state index contributed by atoms with van der Waals surface area (Å²) >= 11 is 0. The first-order valence-electron chi connectivity index (χ1n) is 5.48. The van der Waals surface area contributed by atoms with Gasteiger partial charge < -0.3 is 26.6 Å². The van der Waals surface area contributed by atoms with Crippen molar-refractivity contribution in [1.82, 2.24) is 10.6 Å². The van der Waals surface area contributed by atoms with Crippen molar-refractivity contribution < 1.29 is 19.8 Å². The minimum Gasteiger partial charge on any atom is -0.394 e. The highest BCUT2D eigenvalue weighted by molar-refractivity contribution is 5.86. The van der Waals surface area contributed by atoms with Gasteiger partial charge in [-0.15, -0.1) is 0 Å². The molecule has 7 nitrogen and oxygen atoms in total. The molecule has 0 aromatic carbocycles. The largest absolute Gasteiger partial charge is 0.394 e. The fourth-order valence-corrected chi connectivity index (χ4v) is 1.33. The number of carbonyl (C=O) groups excluding carboxylic acids is 2. The molecule has 1 atom stereocenters. The average molecular weight is 247 g/mol. The molecule has 0 rings (SSSR count). The minimum atomic E-state index is -0.782. The van der Waals surface area contributed by atoms with Crippen LogP contribution in [0.2, 0.25) is 0 Å². The third-order valence-electron chi connectivity index (χ3n) is 2.13. The monoisotopic (exact) mass is 247 g/mol. The molecule has 0 saturated carbocycles. The Labute approximate surface area is 100 Å². The Morgan fingerprint density at radius 1 is 1.18 bits per heavy atom. The molecule has 0 spiro atoms. The molecule has 0 aliphatic heterocycles. The van der Waals surface area contributed by atoms with Gasteiger partial charge in [0.15, 0.2) is 0 Å². The van der Waals surface area contributed by atoms with E-state index >= 15 is 0 Å². The van der Waals surface area contributed by atoms with Crippen molar-refractivity contribution in [2.45, 2.75) is 32.4 Å². The number of nitrogens with one attached hydrogen (secondary N) is 2. The van der Waals surface area contributed by atoms with Gasteiger partial charge in [0, 0.05) is 0 Å². The van der Waals surface area contributed by atoms with Gasteiger partial charge in [0.1, 0.15) is 6.04 Å². The molecule has 17 heavy (non-hydrogen) atoms. The first-order valence-corrected chi connectivity index (χ1v) is 5.48. The topological polar surface area (TPSA) is 125 Å². The number of rotatable bonds is 7. The lowest BCUT2D eigenvalue weighted by Crippen LogP contribution is -2.52. The maximum atomic E-state index is 11.7. The summed E-state index contributed by atoms with van der Waals surface area (Å²) in [5, 5.41) is 22.4. The fourth-order valence-electron chi connectivity index (χ4n) is 1.33. The van der Waals surface area contributed by atoms with E-state index < -0.39 is 24.0 Å². The second-order valence-corrected chi connectivity index (χ2v) is 4.26. The molecule has 1 unspecified atom stereocenters. The van der Waals surface area contributed by atoms with Gasteiger partial charge in [-0.25, -0.2) is 4.79 Å². The Morgan fingerprint density at radius 2 is 1.71 bits per heavy atom. The van der Waals surface area contributed by atoms with Crippen LogP contribution < -0.4 is 16.4 Å². The van der Waals surface area contributed by atoms with E-state index in [1.54, 1.807) is 0 Å². The van der Waals surface area contributed by atoms with Crippen LogP contribution in [0.4, 0.5) is 4.79 Å². The average Bonchev–Trinajstić information content (AvgIpc) is 2.23. The molecule has 0 saturated heterocycles.